The Morgan fingerprint density at radius 1 is 1.30 bits per heavy atom. The molecule has 8 atom stereocenters. The van der Waals surface area contributed by atoms with Gasteiger partial charge in [0.1, 0.15) is 0 Å². The minimum Gasteiger partial charge on any atom is -0.390 e. The van der Waals surface area contributed by atoms with Crippen LogP contribution in [0.4, 0.5) is 4.39 Å². The van der Waals surface area contributed by atoms with E-state index in [4.69, 9.17) is 0 Å². The van der Waals surface area contributed by atoms with Crippen LogP contribution in [0.5, 0.6) is 0 Å². The summed E-state index contributed by atoms with van der Waals surface area (Å²) in [6, 6.07) is 0. The predicted octanol–water partition coefficient (Wildman–Crippen LogP) is 3.89. The van der Waals surface area contributed by atoms with Crippen LogP contribution >= 0.6 is 0 Å². The standard InChI is InChI=1S/C27H40FNO4/c1-16(2)7-6-12-29-23(32)27(33)17(3)13-21-20-9-8-18-14-19(30)10-11-24(18,4)26(20,28)22(31)15-25(21,27)5/h10-11,14,16-17,20-22,31,33H,6-9,12-13,15H2,1-5H3,(H,29,32)/t17-,20+,21+,22+,24+,25+,26+,27+/m1/s1. The van der Waals surface area contributed by atoms with Gasteiger partial charge in [0.15, 0.2) is 17.1 Å². The average molecular weight is 462 g/mol. The Kier molecular flexibility index (Phi) is 5.97. The smallest absolute Gasteiger partial charge is 0.252 e. The number of amides is 1. The number of carbonyl (C=O) groups is 2. The molecule has 4 aliphatic carbocycles. The highest BCUT2D eigenvalue weighted by molar-refractivity contribution is 6.01. The number of fused-ring (bicyclic) bond motifs is 5. The molecule has 0 aromatic heterocycles. The van der Waals surface area contributed by atoms with Gasteiger partial charge in [0.25, 0.3) is 5.91 Å². The van der Waals surface area contributed by atoms with E-state index in [0.29, 0.717) is 31.7 Å². The number of rotatable bonds is 5. The predicted molar refractivity (Wildman–Crippen MR) is 125 cm³/mol. The number of ketones is 1. The van der Waals surface area contributed by atoms with E-state index in [1.54, 1.807) is 13.0 Å². The van der Waals surface area contributed by atoms with E-state index in [1.807, 2.05) is 13.8 Å². The summed E-state index contributed by atoms with van der Waals surface area (Å²) in [4.78, 5) is 25.3. The number of nitrogens with one attached hydrogen (secondary N) is 1. The van der Waals surface area contributed by atoms with E-state index >= 15 is 4.39 Å². The van der Waals surface area contributed by atoms with Crippen LogP contribution in [0.2, 0.25) is 0 Å². The molecule has 0 bridgehead atoms. The lowest BCUT2D eigenvalue weighted by Crippen LogP contribution is -2.70. The summed E-state index contributed by atoms with van der Waals surface area (Å²) in [6.07, 6.45) is 6.67. The highest BCUT2D eigenvalue weighted by Gasteiger charge is 2.75. The summed E-state index contributed by atoms with van der Waals surface area (Å²) in [6.45, 7) is 10.3. The first-order chi connectivity index (χ1) is 15.3. The lowest BCUT2D eigenvalue weighted by atomic mass is 9.44. The Morgan fingerprint density at radius 2 is 2.00 bits per heavy atom. The van der Waals surface area contributed by atoms with Gasteiger partial charge in [0.2, 0.25) is 0 Å². The van der Waals surface area contributed by atoms with Crippen LogP contribution in [0.15, 0.2) is 23.8 Å². The van der Waals surface area contributed by atoms with E-state index < -0.39 is 40.0 Å². The van der Waals surface area contributed by atoms with E-state index in [1.165, 1.54) is 12.2 Å². The van der Waals surface area contributed by atoms with Crippen molar-refractivity contribution < 1.29 is 24.2 Å². The zero-order valence-electron chi connectivity index (χ0n) is 20.7. The number of aliphatic hydroxyl groups is 2. The van der Waals surface area contributed by atoms with Gasteiger partial charge in [-0.05, 0) is 75.4 Å². The molecule has 3 saturated carbocycles. The second-order valence-corrected chi connectivity index (χ2v) is 12.0. The first-order valence-corrected chi connectivity index (χ1v) is 12.6. The van der Waals surface area contributed by atoms with Crippen molar-refractivity contribution in [1.29, 1.82) is 0 Å². The van der Waals surface area contributed by atoms with Gasteiger partial charge >= 0.3 is 0 Å². The summed E-state index contributed by atoms with van der Waals surface area (Å²) in [7, 11) is 0. The van der Waals surface area contributed by atoms with Crippen molar-refractivity contribution in [3.05, 3.63) is 23.8 Å². The monoisotopic (exact) mass is 461 g/mol. The van der Waals surface area contributed by atoms with Crippen molar-refractivity contribution in [3.63, 3.8) is 0 Å². The topological polar surface area (TPSA) is 86.6 Å². The van der Waals surface area contributed by atoms with Gasteiger partial charge in [-0.3, -0.25) is 9.59 Å². The van der Waals surface area contributed by atoms with E-state index in [9.17, 15) is 19.8 Å². The van der Waals surface area contributed by atoms with Crippen molar-refractivity contribution in [2.45, 2.75) is 90.5 Å². The van der Waals surface area contributed by atoms with Crippen LogP contribution in [0.3, 0.4) is 0 Å². The molecule has 0 radical (unpaired) electrons. The number of allylic oxidation sites excluding steroid dienone is 4. The van der Waals surface area contributed by atoms with Crippen LogP contribution in [-0.4, -0.2) is 45.8 Å². The fourth-order valence-electron chi connectivity index (χ4n) is 7.88. The fraction of sp³-hybridized carbons (Fsp3) is 0.778. The summed E-state index contributed by atoms with van der Waals surface area (Å²) >= 11 is 0. The zero-order valence-corrected chi connectivity index (χ0v) is 20.7. The number of carbonyl (C=O) groups excluding carboxylic acids is 2. The Hall–Kier alpha value is -1.53. The number of halogens is 1. The maximum absolute atomic E-state index is 17.1. The molecule has 0 aromatic rings. The third kappa shape index (κ3) is 3.23. The molecule has 6 heteroatoms. The molecule has 4 aliphatic rings. The van der Waals surface area contributed by atoms with Gasteiger partial charge in [-0.15, -0.1) is 0 Å². The number of hydrogen-bond donors (Lipinski definition) is 3. The quantitative estimate of drug-likeness (QED) is 0.542. The summed E-state index contributed by atoms with van der Waals surface area (Å²) in [5.41, 5.74) is -4.86. The molecular formula is C27H40FNO4. The molecule has 0 heterocycles. The second-order valence-electron chi connectivity index (χ2n) is 12.0. The number of aliphatic hydroxyl groups excluding tert-OH is 1. The van der Waals surface area contributed by atoms with Crippen molar-refractivity contribution in [3.8, 4) is 0 Å². The molecule has 4 rings (SSSR count). The Bertz CT molecular complexity index is 899. The van der Waals surface area contributed by atoms with Crippen molar-refractivity contribution in [2.24, 2.45) is 34.5 Å². The largest absolute Gasteiger partial charge is 0.390 e. The average Bonchev–Trinajstić information content (AvgIpc) is 2.94. The van der Waals surface area contributed by atoms with Gasteiger partial charge in [0.05, 0.1) is 6.10 Å². The Balaban J connectivity index is 1.65. The third-order valence-corrected chi connectivity index (χ3v) is 9.81. The number of alkyl halides is 1. The Labute approximate surface area is 196 Å². The van der Waals surface area contributed by atoms with Crippen molar-refractivity contribution in [2.75, 3.05) is 6.54 Å². The molecule has 5 nitrogen and oxygen atoms in total. The van der Waals surface area contributed by atoms with Gasteiger partial charge in [0, 0.05) is 23.3 Å². The van der Waals surface area contributed by atoms with Crippen molar-refractivity contribution in [1.82, 2.24) is 5.32 Å². The highest BCUT2D eigenvalue weighted by atomic mass is 19.1. The summed E-state index contributed by atoms with van der Waals surface area (Å²) < 4.78 is 17.1. The van der Waals surface area contributed by atoms with Gasteiger partial charge in [-0.2, -0.15) is 0 Å². The highest BCUT2D eigenvalue weighted by Crippen LogP contribution is 2.70. The lowest BCUT2D eigenvalue weighted by Gasteiger charge is -2.62. The van der Waals surface area contributed by atoms with Crippen LogP contribution in [0.1, 0.15) is 73.1 Å². The lowest BCUT2D eigenvalue weighted by molar-refractivity contribution is -0.219. The summed E-state index contributed by atoms with van der Waals surface area (Å²) in [5.74, 6) is -1.08. The minimum atomic E-state index is -1.95. The van der Waals surface area contributed by atoms with E-state index in [0.717, 1.165) is 18.4 Å². The maximum Gasteiger partial charge on any atom is 0.252 e. The van der Waals surface area contributed by atoms with Gasteiger partial charge < -0.3 is 15.5 Å². The molecule has 0 aromatic carbocycles. The molecule has 3 fully saturated rings. The Morgan fingerprint density at radius 3 is 2.67 bits per heavy atom. The third-order valence-electron chi connectivity index (χ3n) is 9.81. The molecule has 33 heavy (non-hydrogen) atoms. The normalized spacial score (nSPS) is 46.5. The van der Waals surface area contributed by atoms with Crippen LogP contribution in [0, 0.1) is 34.5 Å². The zero-order chi connectivity index (χ0) is 24.4. The first kappa shape index (κ1) is 24.6. The van der Waals surface area contributed by atoms with Gasteiger partial charge in [-0.25, -0.2) is 4.39 Å². The van der Waals surface area contributed by atoms with Crippen molar-refractivity contribution >= 4 is 11.7 Å². The molecule has 1 amide bonds. The van der Waals surface area contributed by atoms with Crippen LogP contribution < -0.4 is 5.32 Å². The van der Waals surface area contributed by atoms with Crippen LogP contribution in [-0.2, 0) is 9.59 Å². The molecule has 0 spiro atoms. The van der Waals surface area contributed by atoms with Gasteiger partial charge in [-0.1, -0.05) is 39.3 Å². The second kappa shape index (κ2) is 8.01. The summed E-state index contributed by atoms with van der Waals surface area (Å²) in [5, 5.41) is 26.2. The molecule has 0 saturated heterocycles. The number of hydrogen-bond acceptors (Lipinski definition) is 4. The first-order valence-electron chi connectivity index (χ1n) is 12.6. The molecule has 184 valence electrons. The minimum absolute atomic E-state index is 0.00950. The molecule has 0 unspecified atom stereocenters. The van der Waals surface area contributed by atoms with Crippen LogP contribution in [0.25, 0.3) is 0 Å². The maximum atomic E-state index is 17.1. The SMILES string of the molecule is CC(C)CCCNC(=O)[C@@]1(O)[C@H](C)C[C@H]2[C@@H]3CCC4=CC(=O)C=C[C@]4(C)[C@@]3(F)[C@@H](O)C[C@@]21C. The molecule has 0 aliphatic heterocycles. The molecular weight excluding hydrogens is 421 g/mol. The molecule has 3 N–H and O–H groups in total. The fourth-order valence-corrected chi connectivity index (χ4v) is 7.88. The van der Waals surface area contributed by atoms with E-state index in [2.05, 4.69) is 19.2 Å². The van der Waals surface area contributed by atoms with E-state index in [-0.39, 0.29) is 24.0 Å².